The van der Waals surface area contributed by atoms with Crippen LogP contribution in [-0.2, 0) is 4.74 Å². The minimum Gasteiger partial charge on any atom is -0.394 e. The fourth-order valence-corrected chi connectivity index (χ4v) is 2.07. The van der Waals surface area contributed by atoms with Crippen LogP contribution in [0.2, 0.25) is 0 Å². The molecular formula is C15H26N2O6. The average molecular weight is 330 g/mol. The van der Waals surface area contributed by atoms with Gasteiger partial charge in [-0.05, 0) is 32.6 Å². The smallest absolute Gasteiger partial charge is 0.330 e. The number of aromatic nitrogens is 2. The lowest BCUT2D eigenvalue weighted by Gasteiger charge is -2.25. The molecule has 1 aromatic heterocycles. The zero-order valence-corrected chi connectivity index (χ0v) is 13.5. The van der Waals surface area contributed by atoms with Crippen molar-refractivity contribution in [1.82, 2.24) is 9.55 Å². The third-order valence-corrected chi connectivity index (χ3v) is 3.61. The summed E-state index contributed by atoms with van der Waals surface area (Å²) in [5.74, 6) is 0. The van der Waals surface area contributed by atoms with Gasteiger partial charge >= 0.3 is 5.69 Å². The quantitative estimate of drug-likeness (QED) is 0.605. The van der Waals surface area contributed by atoms with Gasteiger partial charge in [-0.15, -0.1) is 0 Å². The third kappa shape index (κ3) is 6.26. The molecule has 23 heavy (non-hydrogen) atoms. The summed E-state index contributed by atoms with van der Waals surface area (Å²) in [5.41, 5.74) is -1.14. The molecule has 0 spiro atoms. The Balaban J connectivity index is 0.000000463. The molecule has 2 heterocycles. The molecule has 8 nitrogen and oxygen atoms in total. The maximum absolute atomic E-state index is 11.6. The van der Waals surface area contributed by atoms with E-state index < -0.39 is 29.7 Å². The van der Waals surface area contributed by atoms with Gasteiger partial charge < -0.3 is 20.1 Å². The Hall–Kier alpha value is -1.48. The van der Waals surface area contributed by atoms with Crippen LogP contribution in [0, 0.1) is 0 Å². The van der Waals surface area contributed by atoms with Crippen LogP contribution in [0.3, 0.4) is 0 Å². The minimum atomic E-state index is -0.881. The predicted octanol–water partition coefficient (Wildman–Crippen LogP) is -0.265. The summed E-state index contributed by atoms with van der Waals surface area (Å²) in [6.07, 6.45) is 1.71. The Kier molecular flexibility index (Phi) is 8.18. The molecule has 1 fully saturated rings. The van der Waals surface area contributed by atoms with Crippen molar-refractivity contribution in [3.63, 3.8) is 0 Å². The molecule has 0 radical (unpaired) electrons. The largest absolute Gasteiger partial charge is 0.394 e. The monoisotopic (exact) mass is 330 g/mol. The molecule has 1 saturated heterocycles. The van der Waals surface area contributed by atoms with Gasteiger partial charge in [-0.3, -0.25) is 14.3 Å². The first-order valence-corrected chi connectivity index (χ1v) is 7.83. The second-order valence-corrected chi connectivity index (χ2v) is 5.60. The highest BCUT2D eigenvalue weighted by atomic mass is 16.5. The van der Waals surface area contributed by atoms with Gasteiger partial charge in [0, 0.05) is 12.3 Å². The average Bonchev–Trinajstić information content (AvgIpc) is 2.69. The first kappa shape index (κ1) is 19.6. The molecule has 0 unspecified atom stereocenters. The normalized spacial score (nSPS) is 25.9. The number of aromatic amines is 1. The first-order valence-electron chi connectivity index (χ1n) is 7.83. The second kappa shape index (κ2) is 9.61. The number of nitrogens with zero attached hydrogens (tertiary/aromatic N) is 1. The van der Waals surface area contributed by atoms with Crippen LogP contribution in [0.5, 0.6) is 0 Å². The molecule has 4 atom stereocenters. The standard InChI is InChI=1S/C11H16N2O5.C4H10O/c14-6-7-2-1-3-8(15)10(18-7)13-5-4-9(16)12-11(13)17;1-3-4(2)5/h4-5,7-8,10,14-15H,1-3,6H2,(H,12,16,17);4-5H,3H2,1-2H3/t7-,8-,10-;4-/m10/s1. The van der Waals surface area contributed by atoms with Crippen molar-refractivity contribution >= 4 is 0 Å². The fraction of sp³-hybridized carbons (Fsp3) is 0.733. The fourth-order valence-electron chi connectivity index (χ4n) is 2.07. The number of rotatable bonds is 3. The SMILES string of the molecule is CC[C@H](C)O.O=c1ccn([C@@H]2O[C@@H](CO)CCC[C@H]2O)c(=O)[nH]1. The maximum atomic E-state index is 11.6. The molecule has 4 N–H and O–H groups in total. The summed E-state index contributed by atoms with van der Waals surface area (Å²) < 4.78 is 6.66. The van der Waals surface area contributed by atoms with Gasteiger partial charge in [0.15, 0.2) is 6.23 Å². The van der Waals surface area contributed by atoms with Gasteiger partial charge in [0.1, 0.15) is 0 Å². The zero-order chi connectivity index (χ0) is 17.4. The van der Waals surface area contributed by atoms with Gasteiger partial charge in [-0.2, -0.15) is 0 Å². The molecule has 0 saturated carbocycles. The van der Waals surface area contributed by atoms with Crippen molar-refractivity contribution in [3.05, 3.63) is 33.1 Å². The molecular weight excluding hydrogens is 304 g/mol. The van der Waals surface area contributed by atoms with E-state index in [-0.39, 0.29) is 12.7 Å². The van der Waals surface area contributed by atoms with Crippen molar-refractivity contribution in [2.75, 3.05) is 6.61 Å². The van der Waals surface area contributed by atoms with E-state index in [0.717, 1.165) is 11.0 Å². The topological polar surface area (TPSA) is 125 Å². The van der Waals surface area contributed by atoms with E-state index in [1.54, 1.807) is 6.92 Å². The van der Waals surface area contributed by atoms with Gasteiger partial charge in [-0.1, -0.05) is 6.92 Å². The van der Waals surface area contributed by atoms with E-state index >= 15 is 0 Å². The van der Waals surface area contributed by atoms with Crippen molar-refractivity contribution in [1.29, 1.82) is 0 Å². The lowest BCUT2D eigenvalue weighted by atomic mass is 10.1. The Morgan fingerprint density at radius 1 is 1.43 bits per heavy atom. The highest BCUT2D eigenvalue weighted by molar-refractivity contribution is 4.86. The Bertz CT molecular complexity index is 568. The predicted molar refractivity (Wildman–Crippen MR) is 84.1 cm³/mol. The van der Waals surface area contributed by atoms with Crippen LogP contribution in [0.1, 0.15) is 45.8 Å². The lowest BCUT2D eigenvalue weighted by molar-refractivity contribution is -0.120. The van der Waals surface area contributed by atoms with Crippen LogP contribution in [0.15, 0.2) is 21.9 Å². The highest BCUT2D eigenvalue weighted by Crippen LogP contribution is 2.24. The van der Waals surface area contributed by atoms with E-state index in [1.165, 1.54) is 12.3 Å². The van der Waals surface area contributed by atoms with Crippen LogP contribution < -0.4 is 11.2 Å². The number of hydrogen-bond acceptors (Lipinski definition) is 6. The summed E-state index contributed by atoms with van der Waals surface area (Å²) >= 11 is 0. The molecule has 1 aliphatic heterocycles. The summed E-state index contributed by atoms with van der Waals surface area (Å²) in [5, 5.41) is 27.4. The molecule has 2 rings (SSSR count). The summed E-state index contributed by atoms with van der Waals surface area (Å²) in [6, 6.07) is 1.19. The Morgan fingerprint density at radius 2 is 2.09 bits per heavy atom. The van der Waals surface area contributed by atoms with Crippen LogP contribution in [0.25, 0.3) is 0 Å². The number of nitrogens with one attached hydrogen (secondary N) is 1. The van der Waals surface area contributed by atoms with E-state index in [0.29, 0.717) is 19.3 Å². The first-order chi connectivity index (χ1) is 10.9. The van der Waals surface area contributed by atoms with E-state index in [4.69, 9.17) is 14.9 Å². The van der Waals surface area contributed by atoms with Crippen molar-refractivity contribution in [2.45, 2.75) is 64.1 Å². The molecule has 1 aliphatic rings. The van der Waals surface area contributed by atoms with Crippen LogP contribution in [0.4, 0.5) is 0 Å². The number of H-pyrrole nitrogens is 1. The zero-order valence-electron chi connectivity index (χ0n) is 13.5. The van der Waals surface area contributed by atoms with Gasteiger partial charge in [-0.25, -0.2) is 4.79 Å². The van der Waals surface area contributed by atoms with Gasteiger partial charge in [0.05, 0.1) is 24.9 Å². The third-order valence-electron chi connectivity index (χ3n) is 3.61. The summed E-state index contributed by atoms with van der Waals surface area (Å²) in [7, 11) is 0. The molecule has 0 bridgehead atoms. The van der Waals surface area contributed by atoms with E-state index in [2.05, 4.69) is 4.98 Å². The molecule has 1 aromatic rings. The van der Waals surface area contributed by atoms with E-state index in [1.807, 2.05) is 6.92 Å². The van der Waals surface area contributed by atoms with Gasteiger partial charge in [0.25, 0.3) is 5.56 Å². The van der Waals surface area contributed by atoms with Crippen molar-refractivity contribution < 1.29 is 20.1 Å². The number of aliphatic hydroxyl groups is 3. The Morgan fingerprint density at radius 3 is 2.61 bits per heavy atom. The van der Waals surface area contributed by atoms with Gasteiger partial charge in [0.2, 0.25) is 0 Å². The minimum absolute atomic E-state index is 0.116. The van der Waals surface area contributed by atoms with Crippen LogP contribution in [-0.4, -0.2) is 49.8 Å². The number of aliphatic hydroxyl groups excluding tert-OH is 3. The van der Waals surface area contributed by atoms with Crippen molar-refractivity contribution in [3.8, 4) is 0 Å². The maximum Gasteiger partial charge on any atom is 0.330 e. The number of ether oxygens (including phenoxy) is 1. The summed E-state index contributed by atoms with van der Waals surface area (Å²) in [4.78, 5) is 24.7. The molecule has 0 amide bonds. The van der Waals surface area contributed by atoms with E-state index in [9.17, 15) is 14.7 Å². The van der Waals surface area contributed by atoms with Crippen molar-refractivity contribution in [2.24, 2.45) is 0 Å². The molecule has 0 aromatic carbocycles. The second-order valence-electron chi connectivity index (χ2n) is 5.60. The lowest BCUT2D eigenvalue weighted by Crippen LogP contribution is -2.38. The van der Waals surface area contributed by atoms with Crippen LogP contribution >= 0.6 is 0 Å². The Labute approximate surface area is 134 Å². The number of hydrogen-bond donors (Lipinski definition) is 4. The molecule has 8 heteroatoms. The molecule has 0 aliphatic carbocycles. The highest BCUT2D eigenvalue weighted by Gasteiger charge is 2.29. The molecule has 132 valence electrons. The summed E-state index contributed by atoms with van der Waals surface area (Å²) in [6.45, 7) is 3.56.